The highest BCUT2D eigenvalue weighted by Crippen LogP contribution is 2.37. The zero-order valence-electron chi connectivity index (χ0n) is 11.2. The molecule has 1 fully saturated rings. The zero-order valence-corrected chi connectivity index (χ0v) is 11.2. The van der Waals surface area contributed by atoms with Gasteiger partial charge in [-0.1, -0.05) is 18.9 Å². The van der Waals surface area contributed by atoms with Crippen LogP contribution in [0, 0.1) is 5.41 Å². The Hall–Kier alpha value is -1.22. The summed E-state index contributed by atoms with van der Waals surface area (Å²) in [6.45, 7) is 4.10. The Labute approximate surface area is 109 Å². The van der Waals surface area contributed by atoms with E-state index in [1.807, 2.05) is 31.2 Å². The average Bonchev–Trinajstić information content (AvgIpc) is 2.87. The van der Waals surface area contributed by atoms with Crippen molar-refractivity contribution in [3.05, 3.63) is 24.3 Å². The minimum Gasteiger partial charge on any atom is -0.494 e. The van der Waals surface area contributed by atoms with Crippen LogP contribution in [-0.4, -0.2) is 19.8 Å². The van der Waals surface area contributed by atoms with Crippen LogP contribution in [-0.2, 0) is 0 Å². The molecule has 0 unspecified atom stereocenters. The van der Waals surface area contributed by atoms with E-state index in [1.165, 1.54) is 25.7 Å². The van der Waals surface area contributed by atoms with E-state index >= 15 is 0 Å². The number of benzene rings is 1. The van der Waals surface area contributed by atoms with E-state index in [0.29, 0.717) is 6.61 Å². The maximum atomic E-state index is 5.91. The summed E-state index contributed by atoms with van der Waals surface area (Å²) in [5.74, 6) is 1.74. The Bertz CT molecular complexity index is 373. The molecule has 1 aliphatic rings. The van der Waals surface area contributed by atoms with Gasteiger partial charge in [-0.3, -0.25) is 0 Å². The number of hydrogen-bond acceptors (Lipinski definition) is 3. The molecule has 18 heavy (non-hydrogen) atoms. The molecule has 0 radical (unpaired) electrons. The molecule has 2 N–H and O–H groups in total. The first-order chi connectivity index (χ1) is 8.78. The Morgan fingerprint density at radius 2 is 1.83 bits per heavy atom. The first kappa shape index (κ1) is 13.2. The number of nitrogens with two attached hydrogens (primary N) is 1. The first-order valence-electron chi connectivity index (χ1n) is 6.84. The molecule has 2 rings (SSSR count). The minimum atomic E-state index is 0.196. The van der Waals surface area contributed by atoms with Gasteiger partial charge in [-0.2, -0.15) is 0 Å². The Kier molecular flexibility index (Phi) is 4.48. The Morgan fingerprint density at radius 1 is 1.17 bits per heavy atom. The molecule has 1 aliphatic carbocycles. The molecule has 3 nitrogen and oxygen atoms in total. The molecule has 0 spiro atoms. The maximum Gasteiger partial charge on any atom is 0.123 e. The third-order valence-corrected chi connectivity index (χ3v) is 3.76. The topological polar surface area (TPSA) is 44.5 Å². The highest BCUT2D eigenvalue weighted by Gasteiger charge is 2.33. The molecular formula is C15H23NO2. The van der Waals surface area contributed by atoms with Crippen LogP contribution in [0.4, 0.5) is 0 Å². The molecule has 0 atom stereocenters. The summed E-state index contributed by atoms with van der Waals surface area (Å²) in [5.41, 5.74) is 6.10. The Morgan fingerprint density at radius 3 is 2.44 bits per heavy atom. The summed E-state index contributed by atoms with van der Waals surface area (Å²) in [6.07, 6.45) is 4.93. The lowest BCUT2D eigenvalue weighted by atomic mass is 9.87. The van der Waals surface area contributed by atoms with Crippen molar-refractivity contribution >= 4 is 0 Å². The molecule has 0 aromatic heterocycles. The number of rotatable bonds is 6. The van der Waals surface area contributed by atoms with E-state index in [4.69, 9.17) is 15.2 Å². The number of ether oxygens (including phenoxy) is 2. The van der Waals surface area contributed by atoms with E-state index in [2.05, 4.69) is 0 Å². The SMILES string of the molecule is CCOc1cccc(OCC2(CN)CCCC2)c1. The van der Waals surface area contributed by atoms with Crippen molar-refractivity contribution in [1.82, 2.24) is 0 Å². The van der Waals surface area contributed by atoms with Gasteiger partial charge in [0.15, 0.2) is 0 Å². The first-order valence-corrected chi connectivity index (χ1v) is 6.84. The van der Waals surface area contributed by atoms with E-state index in [-0.39, 0.29) is 5.41 Å². The van der Waals surface area contributed by atoms with Gasteiger partial charge in [-0.25, -0.2) is 0 Å². The fourth-order valence-corrected chi connectivity index (χ4v) is 2.59. The molecule has 0 bridgehead atoms. The summed E-state index contributed by atoms with van der Waals surface area (Å²) < 4.78 is 11.4. The predicted molar refractivity (Wildman–Crippen MR) is 73.1 cm³/mol. The highest BCUT2D eigenvalue weighted by atomic mass is 16.5. The van der Waals surface area contributed by atoms with Crippen molar-refractivity contribution in [2.45, 2.75) is 32.6 Å². The maximum absolute atomic E-state index is 5.91. The van der Waals surface area contributed by atoms with Crippen molar-refractivity contribution < 1.29 is 9.47 Å². The summed E-state index contributed by atoms with van der Waals surface area (Å²) in [4.78, 5) is 0. The standard InChI is InChI=1S/C15H23NO2/c1-2-17-13-6-5-7-14(10-13)18-12-15(11-16)8-3-4-9-15/h5-7,10H,2-4,8-9,11-12,16H2,1H3. The molecule has 0 saturated heterocycles. The van der Waals surface area contributed by atoms with E-state index in [9.17, 15) is 0 Å². The van der Waals surface area contributed by atoms with Crippen molar-refractivity contribution in [3.63, 3.8) is 0 Å². The van der Waals surface area contributed by atoms with Gasteiger partial charge in [0.25, 0.3) is 0 Å². The lowest BCUT2D eigenvalue weighted by molar-refractivity contribution is 0.156. The molecule has 1 aromatic carbocycles. The van der Waals surface area contributed by atoms with Gasteiger partial charge < -0.3 is 15.2 Å². The van der Waals surface area contributed by atoms with E-state index in [0.717, 1.165) is 24.7 Å². The molecule has 1 aromatic rings. The van der Waals surface area contributed by atoms with Gasteiger partial charge in [0.2, 0.25) is 0 Å². The summed E-state index contributed by atoms with van der Waals surface area (Å²) in [7, 11) is 0. The third kappa shape index (κ3) is 3.16. The second kappa shape index (κ2) is 6.10. The van der Waals surface area contributed by atoms with Crippen molar-refractivity contribution in [2.24, 2.45) is 11.1 Å². The Balaban J connectivity index is 1.94. The van der Waals surface area contributed by atoms with E-state index < -0.39 is 0 Å². The number of hydrogen-bond donors (Lipinski definition) is 1. The van der Waals surface area contributed by atoms with Crippen molar-refractivity contribution in [3.8, 4) is 11.5 Å². The van der Waals surface area contributed by atoms with Crippen molar-refractivity contribution in [2.75, 3.05) is 19.8 Å². The zero-order chi connectivity index (χ0) is 12.8. The fourth-order valence-electron chi connectivity index (χ4n) is 2.59. The van der Waals surface area contributed by atoms with Crippen LogP contribution < -0.4 is 15.2 Å². The van der Waals surface area contributed by atoms with Crippen LogP contribution in [0.5, 0.6) is 11.5 Å². The van der Waals surface area contributed by atoms with Gasteiger partial charge in [0, 0.05) is 18.0 Å². The minimum absolute atomic E-state index is 0.196. The van der Waals surface area contributed by atoms with Crippen LogP contribution in [0.3, 0.4) is 0 Å². The molecule has 0 aliphatic heterocycles. The third-order valence-electron chi connectivity index (χ3n) is 3.76. The second-order valence-electron chi connectivity index (χ2n) is 5.11. The van der Waals surface area contributed by atoms with E-state index in [1.54, 1.807) is 0 Å². The smallest absolute Gasteiger partial charge is 0.123 e. The average molecular weight is 249 g/mol. The molecule has 1 saturated carbocycles. The quantitative estimate of drug-likeness (QED) is 0.843. The molecule has 0 amide bonds. The van der Waals surface area contributed by atoms with Crippen molar-refractivity contribution in [1.29, 1.82) is 0 Å². The van der Waals surface area contributed by atoms with Crippen LogP contribution in [0.1, 0.15) is 32.6 Å². The summed E-state index contributed by atoms with van der Waals surface area (Å²) >= 11 is 0. The van der Waals surface area contributed by atoms with Crippen LogP contribution in [0.25, 0.3) is 0 Å². The molecule has 0 heterocycles. The van der Waals surface area contributed by atoms with Crippen LogP contribution in [0.2, 0.25) is 0 Å². The van der Waals surface area contributed by atoms with Gasteiger partial charge in [0.05, 0.1) is 13.2 Å². The van der Waals surface area contributed by atoms with Gasteiger partial charge in [-0.05, 0) is 31.9 Å². The molecule has 100 valence electrons. The predicted octanol–water partition coefficient (Wildman–Crippen LogP) is 2.98. The fraction of sp³-hybridized carbons (Fsp3) is 0.600. The lowest BCUT2D eigenvalue weighted by Crippen LogP contribution is -2.33. The monoisotopic (exact) mass is 249 g/mol. The van der Waals surface area contributed by atoms with Gasteiger partial charge in [0.1, 0.15) is 11.5 Å². The largest absolute Gasteiger partial charge is 0.494 e. The van der Waals surface area contributed by atoms with Gasteiger partial charge >= 0.3 is 0 Å². The molecule has 3 heteroatoms. The lowest BCUT2D eigenvalue weighted by Gasteiger charge is -2.27. The van der Waals surface area contributed by atoms with Crippen LogP contribution in [0.15, 0.2) is 24.3 Å². The normalized spacial score (nSPS) is 17.7. The molecular weight excluding hydrogens is 226 g/mol. The second-order valence-corrected chi connectivity index (χ2v) is 5.11. The van der Waals surface area contributed by atoms with Gasteiger partial charge in [-0.15, -0.1) is 0 Å². The summed E-state index contributed by atoms with van der Waals surface area (Å²) in [5, 5.41) is 0. The summed E-state index contributed by atoms with van der Waals surface area (Å²) in [6, 6.07) is 7.83. The van der Waals surface area contributed by atoms with Crippen LogP contribution >= 0.6 is 0 Å². The highest BCUT2D eigenvalue weighted by molar-refractivity contribution is 5.32.